The molecular weight excluding hydrogens is 488 g/mol. The molecule has 4 heteroatoms. The molecule has 3 heterocycles. The number of hydrogen-bond acceptors (Lipinski definition) is 4. The highest BCUT2D eigenvalue weighted by atomic mass is 14.8. The Hall–Kier alpha value is -5.48. The van der Waals surface area contributed by atoms with E-state index in [0.29, 0.717) is 0 Å². The second-order valence-corrected chi connectivity index (χ2v) is 9.93. The number of aromatic nitrogens is 4. The Balaban J connectivity index is 1.42. The molecule has 0 bridgehead atoms. The SMILES string of the molecule is c1ccc(-c2nc3ccccc3nc2-c2cc(-c3ccc4ccc5cccnc5c4n3)c3ccccc3c2)cc1. The van der Waals surface area contributed by atoms with Crippen molar-refractivity contribution in [2.75, 3.05) is 0 Å². The van der Waals surface area contributed by atoms with Crippen LogP contribution < -0.4 is 0 Å². The zero-order valence-electron chi connectivity index (χ0n) is 21.5. The van der Waals surface area contributed by atoms with Gasteiger partial charge in [0.1, 0.15) is 0 Å². The highest BCUT2D eigenvalue weighted by molar-refractivity contribution is 6.05. The lowest BCUT2D eigenvalue weighted by molar-refractivity contribution is 1.29. The van der Waals surface area contributed by atoms with Crippen molar-refractivity contribution in [1.29, 1.82) is 0 Å². The number of pyridine rings is 2. The van der Waals surface area contributed by atoms with E-state index in [0.717, 1.165) is 77.4 Å². The first-order valence-corrected chi connectivity index (χ1v) is 13.3. The summed E-state index contributed by atoms with van der Waals surface area (Å²) in [6.45, 7) is 0. The Labute approximate surface area is 230 Å². The van der Waals surface area contributed by atoms with Crippen LogP contribution >= 0.6 is 0 Å². The fourth-order valence-corrected chi connectivity index (χ4v) is 5.53. The summed E-state index contributed by atoms with van der Waals surface area (Å²) in [7, 11) is 0. The van der Waals surface area contributed by atoms with Gasteiger partial charge < -0.3 is 0 Å². The van der Waals surface area contributed by atoms with Gasteiger partial charge in [-0.1, -0.05) is 91.0 Å². The number of nitrogens with zero attached hydrogens (tertiary/aromatic N) is 4. The van der Waals surface area contributed by atoms with Crippen LogP contribution in [0.1, 0.15) is 0 Å². The molecule has 186 valence electrons. The van der Waals surface area contributed by atoms with Crippen LogP contribution in [0.2, 0.25) is 0 Å². The molecule has 0 saturated heterocycles. The van der Waals surface area contributed by atoms with Crippen LogP contribution in [0.4, 0.5) is 0 Å². The Bertz CT molecular complexity index is 2220. The average Bonchev–Trinajstić information content (AvgIpc) is 3.03. The summed E-state index contributed by atoms with van der Waals surface area (Å²) in [6, 6.07) is 43.7. The predicted octanol–water partition coefficient (Wildman–Crippen LogP) is 8.88. The fourth-order valence-electron chi connectivity index (χ4n) is 5.53. The summed E-state index contributed by atoms with van der Waals surface area (Å²) in [5.74, 6) is 0. The largest absolute Gasteiger partial charge is 0.254 e. The van der Waals surface area contributed by atoms with E-state index in [9.17, 15) is 0 Å². The topological polar surface area (TPSA) is 51.6 Å². The number of rotatable bonds is 3. The van der Waals surface area contributed by atoms with E-state index >= 15 is 0 Å². The van der Waals surface area contributed by atoms with E-state index in [-0.39, 0.29) is 0 Å². The van der Waals surface area contributed by atoms with Crippen LogP contribution in [0.3, 0.4) is 0 Å². The molecule has 5 aromatic carbocycles. The summed E-state index contributed by atoms with van der Waals surface area (Å²) in [6.07, 6.45) is 1.83. The molecular formula is C36H22N4. The number of para-hydroxylation sites is 2. The van der Waals surface area contributed by atoms with Gasteiger partial charge in [-0.15, -0.1) is 0 Å². The maximum Gasteiger partial charge on any atom is 0.0973 e. The standard InChI is InChI=1S/C36H22N4/c1-2-9-23(10-3-1)35-36(40-32-15-7-6-14-31(32)39-35)27-21-26-11-4-5-13-28(26)29(22-27)30-19-18-25-17-16-24-12-8-20-37-33(24)34(25)38-30/h1-22H. The summed E-state index contributed by atoms with van der Waals surface area (Å²) >= 11 is 0. The van der Waals surface area contributed by atoms with Crippen LogP contribution in [0.15, 0.2) is 134 Å². The molecule has 4 nitrogen and oxygen atoms in total. The van der Waals surface area contributed by atoms with Gasteiger partial charge in [-0.25, -0.2) is 15.0 Å². The highest BCUT2D eigenvalue weighted by Gasteiger charge is 2.17. The molecule has 40 heavy (non-hydrogen) atoms. The van der Waals surface area contributed by atoms with Gasteiger partial charge in [0, 0.05) is 33.7 Å². The molecule has 0 spiro atoms. The first kappa shape index (κ1) is 22.5. The van der Waals surface area contributed by atoms with Crippen molar-refractivity contribution < 1.29 is 0 Å². The molecule has 0 unspecified atom stereocenters. The molecule has 0 atom stereocenters. The molecule has 0 N–H and O–H groups in total. The minimum Gasteiger partial charge on any atom is -0.254 e. The maximum absolute atomic E-state index is 5.19. The summed E-state index contributed by atoms with van der Waals surface area (Å²) in [5, 5.41) is 4.42. The minimum absolute atomic E-state index is 0.852. The van der Waals surface area contributed by atoms with E-state index in [2.05, 4.69) is 83.8 Å². The van der Waals surface area contributed by atoms with Crippen LogP contribution in [-0.4, -0.2) is 19.9 Å². The van der Waals surface area contributed by atoms with Crippen molar-refractivity contribution in [3.8, 4) is 33.8 Å². The fraction of sp³-hybridized carbons (Fsp3) is 0. The number of hydrogen-bond donors (Lipinski definition) is 0. The Morgan fingerprint density at radius 3 is 1.90 bits per heavy atom. The average molecular weight is 511 g/mol. The Kier molecular flexibility index (Phi) is 5.10. The lowest BCUT2D eigenvalue weighted by Gasteiger charge is -2.14. The maximum atomic E-state index is 5.19. The summed E-state index contributed by atoms with van der Waals surface area (Å²) in [5.41, 5.74) is 9.27. The molecule has 8 rings (SSSR count). The van der Waals surface area contributed by atoms with Crippen LogP contribution in [-0.2, 0) is 0 Å². The molecule has 0 fully saturated rings. The second kappa shape index (κ2) is 9.07. The van der Waals surface area contributed by atoms with Crippen molar-refractivity contribution in [2.45, 2.75) is 0 Å². The monoisotopic (exact) mass is 510 g/mol. The minimum atomic E-state index is 0.852. The van der Waals surface area contributed by atoms with Gasteiger partial charge in [0.2, 0.25) is 0 Å². The zero-order valence-corrected chi connectivity index (χ0v) is 21.5. The van der Waals surface area contributed by atoms with Gasteiger partial charge in [-0.3, -0.25) is 4.98 Å². The normalized spacial score (nSPS) is 11.5. The molecule has 0 aliphatic carbocycles. The highest BCUT2D eigenvalue weighted by Crippen LogP contribution is 2.37. The van der Waals surface area contributed by atoms with Crippen molar-refractivity contribution in [3.05, 3.63) is 134 Å². The molecule has 3 aromatic heterocycles. The van der Waals surface area contributed by atoms with Gasteiger partial charge >= 0.3 is 0 Å². The third-order valence-electron chi connectivity index (χ3n) is 7.46. The first-order valence-electron chi connectivity index (χ1n) is 13.3. The molecule has 0 aliphatic heterocycles. The summed E-state index contributed by atoms with van der Waals surface area (Å²) < 4.78 is 0. The number of benzene rings is 5. The van der Waals surface area contributed by atoms with Crippen LogP contribution in [0.25, 0.3) is 77.4 Å². The zero-order chi connectivity index (χ0) is 26.5. The summed E-state index contributed by atoms with van der Waals surface area (Å²) in [4.78, 5) is 20.1. The van der Waals surface area contributed by atoms with E-state index in [4.69, 9.17) is 15.0 Å². The third-order valence-corrected chi connectivity index (χ3v) is 7.46. The van der Waals surface area contributed by atoms with Crippen molar-refractivity contribution in [1.82, 2.24) is 19.9 Å². The third kappa shape index (κ3) is 3.69. The van der Waals surface area contributed by atoms with Gasteiger partial charge in [0.15, 0.2) is 0 Å². The van der Waals surface area contributed by atoms with Crippen molar-refractivity contribution >= 4 is 43.6 Å². The Morgan fingerprint density at radius 1 is 0.425 bits per heavy atom. The quantitative estimate of drug-likeness (QED) is 0.223. The first-order chi connectivity index (χ1) is 19.8. The second-order valence-electron chi connectivity index (χ2n) is 9.93. The molecule has 8 aromatic rings. The van der Waals surface area contributed by atoms with Gasteiger partial charge in [0.25, 0.3) is 0 Å². The number of fused-ring (bicyclic) bond motifs is 5. The van der Waals surface area contributed by atoms with E-state index in [1.54, 1.807) is 0 Å². The van der Waals surface area contributed by atoms with Crippen LogP contribution in [0.5, 0.6) is 0 Å². The van der Waals surface area contributed by atoms with E-state index in [1.807, 2.05) is 54.7 Å². The smallest absolute Gasteiger partial charge is 0.0973 e. The van der Waals surface area contributed by atoms with E-state index < -0.39 is 0 Å². The molecule has 0 aliphatic rings. The lowest BCUT2D eigenvalue weighted by Crippen LogP contribution is -1.96. The molecule has 0 radical (unpaired) electrons. The van der Waals surface area contributed by atoms with Gasteiger partial charge in [-0.05, 0) is 47.2 Å². The molecule has 0 saturated carbocycles. The van der Waals surface area contributed by atoms with Crippen molar-refractivity contribution in [2.24, 2.45) is 0 Å². The lowest BCUT2D eigenvalue weighted by atomic mass is 9.95. The van der Waals surface area contributed by atoms with E-state index in [1.165, 1.54) is 0 Å². The van der Waals surface area contributed by atoms with Crippen molar-refractivity contribution in [3.63, 3.8) is 0 Å². The van der Waals surface area contributed by atoms with Gasteiger partial charge in [0.05, 0.1) is 39.1 Å². The molecule has 0 amide bonds. The Morgan fingerprint density at radius 2 is 1.07 bits per heavy atom. The van der Waals surface area contributed by atoms with Crippen LogP contribution in [0, 0.1) is 0 Å². The predicted molar refractivity (Wildman–Crippen MR) is 164 cm³/mol. The van der Waals surface area contributed by atoms with Gasteiger partial charge in [-0.2, -0.15) is 0 Å².